The quantitative estimate of drug-likeness (QED) is 0.695. The van der Waals surface area contributed by atoms with Crippen molar-refractivity contribution in [2.45, 2.75) is 43.1 Å². The number of methoxy groups -OCH3 is 1. The van der Waals surface area contributed by atoms with E-state index in [4.69, 9.17) is 9.47 Å². The molecule has 0 amide bonds. The molecule has 2 aromatic rings. The third-order valence-corrected chi connectivity index (χ3v) is 8.72. The van der Waals surface area contributed by atoms with Gasteiger partial charge in [-0.15, -0.1) is 0 Å². The number of fused-ring (bicyclic) bond motifs is 1. The van der Waals surface area contributed by atoms with Crippen LogP contribution in [0.3, 0.4) is 0 Å². The standard InChI is InChI=1S/C23H29NO4S/c1-27-21-6-7-22(20-5-3-2-4-19(20)21)29(25,26)24-8-9-28-23-17-11-15-10-16(13-17)14-18(23)12-15/h2-7,15-18,23-24H,8-14H2,1H3. The van der Waals surface area contributed by atoms with Crippen LogP contribution < -0.4 is 9.46 Å². The lowest BCUT2D eigenvalue weighted by Gasteiger charge is -2.54. The van der Waals surface area contributed by atoms with Gasteiger partial charge in [-0.25, -0.2) is 13.1 Å². The van der Waals surface area contributed by atoms with Gasteiger partial charge >= 0.3 is 0 Å². The minimum Gasteiger partial charge on any atom is -0.496 e. The van der Waals surface area contributed by atoms with E-state index in [0.29, 0.717) is 42.2 Å². The average Bonchev–Trinajstić information content (AvgIpc) is 2.71. The molecule has 1 N–H and O–H groups in total. The van der Waals surface area contributed by atoms with Gasteiger partial charge in [0.1, 0.15) is 5.75 Å². The molecule has 5 nitrogen and oxygen atoms in total. The lowest BCUT2D eigenvalue weighted by Crippen LogP contribution is -2.49. The Hall–Kier alpha value is -1.63. The van der Waals surface area contributed by atoms with Crippen molar-refractivity contribution in [2.75, 3.05) is 20.3 Å². The summed E-state index contributed by atoms with van der Waals surface area (Å²) in [5.41, 5.74) is 0. The van der Waals surface area contributed by atoms with Crippen molar-refractivity contribution in [3.8, 4) is 5.75 Å². The molecule has 4 fully saturated rings. The Morgan fingerprint density at radius 2 is 1.59 bits per heavy atom. The predicted molar refractivity (Wildman–Crippen MR) is 112 cm³/mol. The van der Waals surface area contributed by atoms with Crippen LogP contribution in [-0.4, -0.2) is 34.8 Å². The number of ether oxygens (including phenoxy) is 2. The first-order valence-corrected chi connectivity index (χ1v) is 12.2. The summed E-state index contributed by atoms with van der Waals surface area (Å²) in [4.78, 5) is 0.281. The van der Waals surface area contributed by atoms with E-state index in [2.05, 4.69) is 4.72 Å². The molecule has 6 rings (SSSR count). The maximum Gasteiger partial charge on any atom is 0.241 e. The van der Waals surface area contributed by atoms with Crippen LogP contribution in [0.5, 0.6) is 5.75 Å². The van der Waals surface area contributed by atoms with E-state index in [1.165, 1.54) is 32.1 Å². The molecular formula is C23H29NO4S. The molecule has 4 aliphatic carbocycles. The Balaban J connectivity index is 1.24. The van der Waals surface area contributed by atoms with E-state index in [1.54, 1.807) is 19.2 Å². The molecule has 4 aliphatic rings. The second kappa shape index (κ2) is 7.56. The van der Waals surface area contributed by atoms with Crippen LogP contribution in [0.15, 0.2) is 41.3 Å². The number of sulfonamides is 1. The van der Waals surface area contributed by atoms with Crippen LogP contribution in [0.2, 0.25) is 0 Å². The topological polar surface area (TPSA) is 64.6 Å². The maximum absolute atomic E-state index is 12.9. The zero-order valence-corrected chi connectivity index (χ0v) is 17.7. The summed E-state index contributed by atoms with van der Waals surface area (Å²) in [6.07, 6.45) is 6.98. The van der Waals surface area contributed by atoms with Gasteiger partial charge in [0.25, 0.3) is 0 Å². The molecule has 4 saturated carbocycles. The van der Waals surface area contributed by atoms with Gasteiger partial charge in [-0.3, -0.25) is 0 Å². The minimum atomic E-state index is -3.62. The highest BCUT2D eigenvalue weighted by atomic mass is 32.2. The number of benzene rings is 2. The van der Waals surface area contributed by atoms with Crippen molar-refractivity contribution >= 4 is 20.8 Å². The summed E-state index contributed by atoms with van der Waals surface area (Å²) in [5, 5.41) is 1.46. The van der Waals surface area contributed by atoms with E-state index in [1.807, 2.05) is 24.3 Å². The Morgan fingerprint density at radius 3 is 2.24 bits per heavy atom. The van der Waals surface area contributed by atoms with E-state index < -0.39 is 10.0 Å². The third kappa shape index (κ3) is 3.56. The smallest absolute Gasteiger partial charge is 0.241 e. The first-order chi connectivity index (χ1) is 14.0. The van der Waals surface area contributed by atoms with E-state index in [9.17, 15) is 8.42 Å². The lowest BCUT2D eigenvalue weighted by molar-refractivity contribution is -0.124. The molecule has 0 aliphatic heterocycles. The molecule has 156 valence electrons. The van der Waals surface area contributed by atoms with Crippen molar-refractivity contribution in [1.29, 1.82) is 0 Å². The molecule has 0 atom stereocenters. The number of hydrogen-bond donors (Lipinski definition) is 1. The van der Waals surface area contributed by atoms with Crippen molar-refractivity contribution in [3.05, 3.63) is 36.4 Å². The van der Waals surface area contributed by atoms with Crippen LogP contribution in [0, 0.1) is 23.7 Å². The Bertz CT molecular complexity index is 975. The first-order valence-electron chi connectivity index (χ1n) is 10.7. The van der Waals surface area contributed by atoms with Gasteiger partial charge in [-0.05, 0) is 67.9 Å². The lowest BCUT2D eigenvalue weighted by atomic mass is 9.55. The van der Waals surface area contributed by atoms with Gasteiger partial charge in [0, 0.05) is 17.3 Å². The molecule has 4 bridgehead atoms. The zero-order chi connectivity index (χ0) is 20.0. The molecule has 0 radical (unpaired) electrons. The van der Waals surface area contributed by atoms with Crippen LogP contribution in [0.4, 0.5) is 0 Å². The van der Waals surface area contributed by atoms with Crippen LogP contribution in [0.25, 0.3) is 10.8 Å². The van der Waals surface area contributed by atoms with Crippen molar-refractivity contribution in [2.24, 2.45) is 23.7 Å². The van der Waals surface area contributed by atoms with Crippen LogP contribution in [-0.2, 0) is 14.8 Å². The summed E-state index contributed by atoms with van der Waals surface area (Å²) in [6, 6.07) is 10.7. The summed E-state index contributed by atoms with van der Waals surface area (Å²) in [6.45, 7) is 0.728. The number of hydrogen-bond acceptors (Lipinski definition) is 4. The van der Waals surface area contributed by atoms with Crippen LogP contribution >= 0.6 is 0 Å². The Kier molecular flexibility index (Phi) is 5.04. The predicted octanol–water partition coefficient (Wildman–Crippen LogP) is 3.97. The maximum atomic E-state index is 12.9. The number of nitrogens with one attached hydrogen (secondary N) is 1. The third-order valence-electron chi connectivity index (χ3n) is 7.20. The van der Waals surface area contributed by atoms with Gasteiger partial charge < -0.3 is 9.47 Å². The van der Waals surface area contributed by atoms with Gasteiger partial charge in [0.05, 0.1) is 24.7 Å². The highest BCUT2D eigenvalue weighted by Gasteiger charge is 2.48. The van der Waals surface area contributed by atoms with E-state index in [0.717, 1.165) is 17.2 Å². The molecule has 6 heteroatoms. The zero-order valence-electron chi connectivity index (χ0n) is 16.8. The normalized spacial score (nSPS) is 30.7. The minimum absolute atomic E-state index is 0.281. The Morgan fingerprint density at radius 1 is 0.931 bits per heavy atom. The molecule has 0 aromatic heterocycles. The number of rotatable bonds is 7. The second-order valence-electron chi connectivity index (χ2n) is 8.98. The van der Waals surface area contributed by atoms with Gasteiger partial charge in [0.15, 0.2) is 0 Å². The highest BCUT2D eigenvalue weighted by Crippen LogP contribution is 2.54. The Labute approximate surface area is 172 Å². The van der Waals surface area contributed by atoms with Gasteiger partial charge in [0.2, 0.25) is 10.0 Å². The molecule has 29 heavy (non-hydrogen) atoms. The van der Waals surface area contributed by atoms with Gasteiger partial charge in [-0.1, -0.05) is 24.3 Å². The molecule has 0 saturated heterocycles. The fourth-order valence-electron chi connectivity index (χ4n) is 6.25. The van der Waals surface area contributed by atoms with E-state index in [-0.39, 0.29) is 4.90 Å². The second-order valence-corrected chi connectivity index (χ2v) is 10.7. The molecular weight excluding hydrogens is 386 g/mol. The molecule has 0 unspecified atom stereocenters. The summed E-state index contributed by atoms with van der Waals surface area (Å²) >= 11 is 0. The van der Waals surface area contributed by atoms with Crippen molar-refractivity contribution in [3.63, 3.8) is 0 Å². The molecule has 0 heterocycles. The average molecular weight is 416 g/mol. The fourth-order valence-corrected chi connectivity index (χ4v) is 7.47. The summed E-state index contributed by atoms with van der Waals surface area (Å²) in [7, 11) is -2.03. The summed E-state index contributed by atoms with van der Waals surface area (Å²) in [5.74, 6) is 3.88. The highest BCUT2D eigenvalue weighted by molar-refractivity contribution is 7.89. The van der Waals surface area contributed by atoms with Crippen molar-refractivity contribution in [1.82, 2.24) is 4.72 Å². The first kappa shape index (κ1) is 19.3. The van der Waals surface area contributed by atoms with E-state index >= 15 is 0 Å². The molecule has 0 spiro atoms. The van der Waals surface area contributed by atoms with Crippen molar-refractivity contribution < 1.29 is 17.9 Å². The SMILES string of the molecule is COc1ccc(S(=O)(=O)NCCOC2C3CC4CC(C3)CC2C4)c2ccccc12. The van der Waals surface area contributed by atoms with Gasteiger partial charge in [-0.2, -0.15) is 0 Å². The molecule has 2 aromatic carbocycles. The fraction of sp³-hybridized carbons (Fsp3) is 0.565. The largest absolute Gasteiger partial charge is 0.496 e. The van der Waals surface area contributed by atoms with Crippen LogP contribution in [0.1, 0.15) is 32.1 Å². The summed E-state index contributed by atoms with van der Waals surface area (Å²) < 4.78 is 40.2. The monoisotopic (exact) mass is 415 g/mol.